The van der Waals surface area contributed by atoms with Crippen LogP contribution in [0.2, 0.25) is 0 Å². The van der Waals surface area contributed by atoms with E-state index in [4.69, 9.17) is 0 Å². The number of carbonyl (C=O) groups excluding carboxylic acids is 2. The molecule has 2 fully saturated rings. The largest absolute Gasteiger partial charge is 0.392 e. The first-order valence-electron chi connectivity index (χ1n) is 9.88. The van der Waals surface area contributed by atoms with Crippen LogP contribution in [0.1, 0.15) is 51.4 Å². The van der Waals surface area contributed by atoms with E-state index in [0.29, 0.717) is 25.7 Å². The van der Waals surface area contributed by atoms with Crippen molar-refractivity contribution in [1.29, 1.82) is 0 Å². The molecule has 0 aromatic carbocycles. The van der Waals surface area contributed by atoms with Gasteiger partial charge < -0.3 is 9.80 Å². The van der Waals surface area contributed by atoms with E-state index in [1.54, 1.807) is 0 Å². The summed E-state index contributed by atoms with van der Waals surface area (Å²) in [5, 5.41) is 0. The van der Waals surface area contributed by atoms with Gasteiger partial charge in [0.05, 0.1) is 0 Å². The maximum absolute atomic E-state index is 14.2. The molecule has 0 spiro atoms. The van der Waals surface area contributed by atoms with Crippen molar-refractivity contribution in [3.8, 4) is 0 Å². The van der Waals surface area contributed by atoms with Gasteiger partial charge >= 0.3 is 23.7 Å². The van der Waals surface area contributed by atoms with Gasteiger partial charge in [0.25, 0.3) is 11.8 Å². The topological polar surface area (TPSA) is 40.6 Å². The third kappa shape index (κ3) is 4.23. The van der Waals surface area contributed by atoms with Crippen LogP contribution in [0, 0.1) is 0 Å². The average Bonchev–Trinajstić information content (AvgIpc) is 3.11. The molecule has 2 heterocycles. The molecule has 2 saturated heterocycles. The molecule has 0 aromatic rings. The maximum atomic E-state index is 14.2. The summed E-state index contributed by atoms with van der Waals surface area (Å²) >= 11 is 0. The Morgan fingerprint density at radius 1 is 0.467 bits per heavy atom. The van der Waals surface area contributed by atoms with Crippen molar-refractivity contribution in [2.24, 2.45) is 0 Å². The van der Waals surface area contributed by atoms with Crippen LogP contribution >= 0.6 is 0 Å². The fraction of sp³-hybridized carbons (Fsp3) is 0.889. The third-order valence-electron chi connectivity index (χ3n) is 5.51. The molecule has 2 aliphatic rings. The molecule has 30 heavy (non-hydrogen) atoms. The minimum atomic E-state index is -6.78. The number of amides is 2. The summed E-state index contributed by atoms with van der Waals surface area (Å²) in [6, 6.07) is 0. The van der Waals surface area contributed by atoms with Gasteiger partial charge in [-0.05, 0) is 25.7 Å². The van der Waals surface area contributed by atoms with E-state index < -0.39 is 35.5 Å². The molecule has 2 rings (SSSR count). The summed E-state index contributed by atoms with van der Waals surface area (Å²) in [7, 11) is 0. The predicted octanol–water partition coefficient (Wildman–Crippen LogP) is 4.33. The van der Waals surface area contributed by atoms with Crippen molar-refractivity contribution >= 4 is 11.8 Å². The van der Waals surface area contributed by atoms with Crippen LogP contribution in [0.4, 0.5) is 35.1 Å². The molecule has 2 aliphatic heterocycles. The highest BCUT2D eigenvalue weighted by Gasteiger charge is 2.85. The van der Waals surface area contributed by atoms with Gasteiger partial charge in [-0.15, -0.1) is 0 Å². The molecular formula is C18H24F8N2O2. The molecule has 0 saturated carbocycles. The molecule has 4 nitrogen and oxygen atoms in total. The standard InChI is InChI=1S/C18H24F8N2O2/c19-15(20,13(29)27-9-5-1-2-6-10-27)17(23,24)18(25,26)16(21,22)14(30)28-11-7-3-4-8-12-28/h1-12H2. The number of hydrogen-bond acceptors (Lipinski definition) is 2. The minimum Gasteiger partial charge on any atom is -0.337 e. The number of carbonyl (C=O) groups is 2. The summed E-state index contributed by atoms with van der Waals surface area (Å²) in [4.78, 5) is 24.4. The van der Waals surface area contributed by atoms with Crippen LogP contribution in [-0.2, 0) is 9.59 Å². The second-order valence-electron chi connectivity index (χ2n) is 7.71. The first kappa shape index (κ1) is 24.6. The third-order valence-corrected chi connectivity index (χ3v) is 5.51. The van der Waals surface area contributed by atoms with Crippen molar-refractivity contribution in [3.05, 3.63) is 0 Å². The molecule has 12 heteroatoms. The molecule has 0 bridgehead atoms. The molecular weight excluding hydrogens is 428 g/mol. The normalized spacial score (nSPS) is 20.5. The Morgan fingerprint density at radius 2 is 0.700 bits per heavy atom. The number of nitrogens with zero attached hydrogens (tertiary/aromatic N) is 2. The van der Waals surface area contributed by atoms with Crippen LogP contribution in [0.15, 0.2) is 0 Å². The first-order chi connectivity index (χ1) is 13.8. The highest BCUT2D eigenvalue weighted by Crippen LogP contribution is 2.53. The quantitative estimate of drug-likeness (QED) is 0.583. The van der Waals surface area contributed by atoms with E-state index in [1.807, 2.05) is 0 Å². The van der Waals surface area contributed by atoms with Gasteiger partial charge in [-0.1, -0.05) is 25.7 Å². The van der Waals surface area contributed by atoms with Crippen LogP contribution in [0.3, 0.4) is 0 Å². The van der Waals surface area contributed by atoms with Gasteiger partial charge in [-0.2, -0.15) is 35.1 Å². The lowest BCUT2D eigenvalue weighted by molar-refractivity contribution is -0.350. The average molecular weight is 452 g/mol. The summed E-state index contributed by atoms with van der Waals surface area (Å²) in [5.74, 6) is -31.1. The molecule has 0 unspecified atom stereocenters. The lowest BCUT2D eigenvalue weighted by Gasteiger charge is -2.38. The highest BCUT2D eigenvalue weighted by atomic mass is 19.4. The Morgan fingerprint density at radius 3 is 0.933 bits per heavy atom. The Balaban J connectivity index is 2.31. The number of halogens is 8. The van der Waals surface area contributed by atoms with Crippen LogP contribution in [0.25, 0.3) is 0 Å². The second kappa shape index (κ2) is 8.86. The van der Waals surface area contributed by atoms with Crippen LogP contribution in [-0.4, -0.2) is 71.5 Å². The van der Waals surface area contributed by atoms with E-state index in [0.717, 1.165) is 0 Å². The zero-order chi connectivity index (χ0) is 22.8. The zero-order valence-electron chi connectivity index (χ0n) is 16.2. The first-order valence-corrected chi connectivity index (χ1v) is 9.88. The number of rotatable bonds is 5. The van der Waals surface area contributed by atoms with Crippen LogP contribution < -0.4 is 0 Å². The van der Waals surface area contributed by atoms with E-state index in [9.17, 15) is 44.7 Å². The summed E-state index contributed by atoms with van der Waals surface area (Å²) in [6.07, 6.45) is 2.82. The van der Waals surface area contributed by atoms with E-state index in [2.05, 4.69) is 0 Å². The molecule has 0 aromatic heterocycles. The van der Waals surface area contributed by atoms with Crippen molar-refractivity contribution in [3.63, 3.8) is 0 Å². The smallest absolute Gasteiger partial charge is 0.337 e. The van der Waals surface area contributed by atoms with Gasteiger partial charge in [0.1, 0.15) is 0 Å². The summed E-state index contributed by atoms with van der Waals surface area (Å²) in [5.41, 5.74) is 0. The summed E-state index contributed by atoms with van der Waals surface area (Å²) < 4.78 is 114. The lowest BCUT2D eigenvalue weighted by Crippen LogP contribution is -2.69. The fourth-order valence-corrected chi connectivity index (χ4v) is 3.61. The Labute approximate surface area is 168 Å². The van der Waals surface area contributed by atoms with Crippen molar-refractivity contribution < 1.29 is 44.7 Å². The SMILES string of the molecule is O=C(N1CCCCCC1)C(F)(F)C(F)(F)C(F)(F)C(F)(F)C(=O)N1CCCCCC1. The monoisotopic (exact) mass is 452 g/mol. The Bertz CT molecular complexity index is 572. The van der Waals surface area contributed by atoms with Gasteiger partial charge in [0, 0.05) is 26.2 Å². The molecule has 0 atom stereocenters. The fourth-order valence-electron chi connectivity index (χ4n) is 3.61. The van der Waals surface area contributed by atoms with E-state index in [1.165, 1.54) is 0 Å². The number of alkyl halides is 8. The van der Waals surface area contributed by atoms with Gasteiger partial charge in [0.2, 0.25) is 0 Å². The Hall–Kier alpha value is -1.62. The van der Waals surface area contributed by atoms with Crippen molar-refractivity contribution in [2.45, 2.75) is 75.1 Å². The maximum Gasteiger partial charge on any atom is 0.392 e. The number of hydrogen-bond donors (Lipinski definition) is 0. The van der Waals surface area contributed by atoms with E-state index in [-0.39, 0.29) is 61.7 Å². The van der Waals surface area contributed by atoms with Gasteiger partial charge in [-0.25, -0.2) is 0 Å². The van der Waals surface area contributed by atoms with Gasteiger partial charge in [0.15, 0.2) is 0 Å². The minimum absolute atomic E-state index is 0.188. The van der Waals surface area contributed by atoms with Crippen molar-refractivity contribution in [2.75, 3.05) is 26.2 Å². The molecule has 174 valence electrons. The second-order valence-corrected chi connectivity index (χ2v) is 7.71. The Kier molecular flexibility index (Phi) is 7.28. The zero-order valence-corrected chi connectivity index (χ0v) is 16.2. The number of likely N-dealkylation sites (tertiary alicyclic amines) is 2. The molecule has 0 radical (unpaired) electrons. The van der Waals surface area contributed by atoms with E-state index >= 15 is 0 Å². The van der Waals surface area contributed by atoms with Gasteiger partial charge in [-0.3, -0.25) is 9.59 Å². The highest BCUT2D eigenvalue weighted by molar-refractivity contribution is 5.87. The van der Waals surface area contributed by atoms with Crippen molar-refractivity contribution in [1.82, 2.24) is 9.80 Å². The molecule has 0 aliphatic carbocycles. The molecule has 0 N–H and O–H groups in total. The molecule has 2 amide bonds. The lowest BCUT2D eigenvalue weighted by atomic mass is 9.96. The predicted molar refractivity (Wildman–Crippen MR) is 89.9 cm³/mol. The van der Waals surface area contributed by atoms with Crippen LogP contribution in [0.5, 0.6) is 0 Å². The summed E-state index contributed by atoms with van der Waals surface area (Å²) in [6.45, 7) is -1.50.